The summed E-state index contributed by atoms with van der Waals surface area (Å²) in [4.78, 5) is 15.4. The first-order chi connectivity index (χ1) is 7.77. The van der Waals surface area contributed by atoms with Crippen LogP contribution in [-0.2, 0) is 12.8 Å². The van der Waals surface area contributed by atoms with E-state index < -0.39 is 5.91 Å². The smallest absolute Gasteiger partial charge is 0.254 e. The number of hydrogen-bond donors (Lipinski definition) is 1. The van der Waals surface area contributed by atoms with E-state index in [1.807, 2.05) is 6.20 Å². The Hall–Kier alpha value is -1.91. The van der Waals surface area contributed by atoms with Crippen LogP contribution in [0.2, 0.25) is 0 Å². The molecule has 5 nitrogen and oxygen atoms in total. The third-order valence-electron chi connectivity index (χ3n) is 3.09. The lowest BCUT2D eigenvalue weighted by molar-refractivity contribution is 0.100. The van der Waals surface area contributed by atoms with Crippen molar-refractivity contribution in [2.45, 2.75) is 25.7 Å². The Bertz CT molecular complexity index is 573. The van der Waals surface area contributed by atoms with Gasteiger partial charge in [-0.15, -0.1) is 0 Å². The summed E-state index contributed by atoms with van der Waals surface area (Å²) in [5.74, 6) is -0.474. The van der Waals surface area contributed by atoms with Crippen molar-refractivity contribution in [1.29, 1.82) is 0 Å². The standard InChI is InChI=1S/C11H12N4O/c12-10(16)8-6-14-15-9-4-2-1-3-7(9)5-13-11(8)15/h5-6H,1-4H2,(H2,12,16). The number of aryl methyl sites for hydroxylation is 2. The van der Waals surface area contributed by atoms with Crippen molar-refractivity contribution in [2.75, 3.05) is 0 Å². The van der Waals surface area contributed by atoms with Crippen LogP contribution in [0.4, 0.5) is 0 Å². The van der Waals surface area contributed by atoms with E-state index in [1.165, 1.54) is 23.9 Å². The monoisotopic (exact) mass is 216 g/mol. The molecule has 16 heavy (non-hydrogen) atoms. The van der Waals surface area contributed by atoms with Crippen LogP contribution in [0.25, 0.3) is 5.65 Å². The molecule has 0 saturated heterocycles. The summed E-state index contributed by atoms with van der Waals surface area (Å²) in [6.07, 6.45) is 7.75. The lowest BCUT2D eigenvalue weighted by Crippen LogP contribution is -2.13. The van der Waals surface area contributed by atoms with E-state index in [0.717, 1.165) is 19.3 Å². The molecule has 0 unspecified atom stereocenters. The number of hydrogen-bond acceptors (Lipinski definition) is 3. The van der Waals surface area contributed by atoms with Crippen LogP contribution in [0.3, 0.4) is 0 Å². The summed E-state index contributed by atoms with van der Waals surface area (Å²) in [6.45, 7) is 0. The van der Waals surface area contributed by atoms with Crippen molar-refractivity contribution in [1.82, 2.24) is 14.6 Å². The van der Waals surface area contributed by atoms with Crippen LogP contribution in [0.5, 0.6) is 0 Å². The molecule has 0 spiro atoms. The molecule has 0 saturated carbocycles. The maximum Gasteiger partial charge on any atom is 0.254 e. The van der Waals surface area contributed by atoms with Crippen molar-refractivity contribution >= 4 is 11.6 Å². The van der Waals surface area contributed by atoms with Crippen molar-refractivity contribution in [3.63, 3.8) is 0 Å². The second-order valence-electron chi connectivity index (χ2n) is 4.10. The molecule has 0 bridgehead atoms. The number of nitrogens with zero attached hydrogens (tertiary/aromatic N) is 3. The molecule has 2 N–H and O–H groups in total. The highest BCUT2D eigenvalue weighted by Crippen LogP contribution is 2.21. The Kier molecular flexibility index (Phi) is 1.92. The lowest BCUT2D eigenvalue weighted by Gasteiger charge is -2.15. The summed E-state index contributed by atoms with van der Waals surface area (Å²) >= 11 is 0. The zero-order chi connectivity index (χ0) is 11.1. The van der Waals surface area contributed by atoms with E-state index in [4.69, 9.17) is 5.73 Å². The van der Waals surface area contributed by atoms with Crippen LogP contribution in [0.15, 0.2) is 12.4 Å². The van der Waals surface area contributed by atoms with Gasteiger partial charge in [0.15, 0.2) is 5.65 Å². The first-order valence-corrected chi connectivity index (χ1v) is 5.41. The van der Waals surface area contributed by atoms with Crippen molar-refractivity contribution in [2.24, 2.45) is 5.73 Å². The Morgan fingerprint density at radius 1 is 1.31 bits per heavy atom. The SMILES string of the molecule is NC(=O)c1cnn2c3c(cnc12)CCCC3. The molecule has 2 heterocycles. The van der Waals surface area contributed by atoms with Gasteiger partial charge in [0.05, 0.1) is 6.20 Å². The second kappa shape index (κ2) is 3.30. The average Bonchev–Trinajstić information content (AvgIpc) is 2.73. The van der Waals surface area contributed by atoms with Gasteiger partial charge in [0, 0.05) is 11.9 Å². The quantitative estimate of drug-likeness (QED) is 0.762. The van der Waals surface area contributed by atoms with Gasteiger partial charge in [0.25, 0.3) is 5.91 Å². The summed E-state index contributed by atoms with van der Waals surface area (Å²) in [7, 11) is 0. The maximum absolute atomic E-state index is 11.2. The number of amides is 1. The van der Waals surface area contributed by atoms with Gasteiger partial charge >= 0.3 is 0 Å². The van der Waals surface area contributed by atoms with E-state index in [1.54, 1.807) is 4.52 Å². The molecule has 0 atom stereocenters. The molecular formula is C11H12N4O. The minimum absolute atomic E-state index is 0.397. The zero-order valence-corrected chi connectivity index (χ0v) is 8.81. The fraction of sp³-hybridized carbons (Fsp3) is 0.364. The van der Waals surface area contributed by atoms with E-state index in [-0.39, 0.29) is 0 Å². The molecule has 0 fully saturated rings. The van der Waals surface area contributed by atoms with Gasteiger partial charge in [0.1, 0.15) is 5.56 Å². The third-order valence-corrected chi connectivity index (χ3v) is 3.09. The van der Waals surface area contributed by atoms with Crippen molar-refractivity contribution in [3.8, 4) is 0 Å². The van der Waals surface area contributed by atoms with E-state index in [2.05, 4.69) is 10.1 Å². The number of aromatic nitrogens is 3. The summed E-state index contributed by atoms with van der Waals surface area (Å²) in [6, 6.07) is 0. The number of nitrogens with two attached hydrogens (primary N) is 1. The van der Waals surface area contributed by atoms with E-state index >= 15 is 0 Å². The zero-order valence-electron chi connectivity index (χ0n) is 8.81. The molecule has 5 heteroatoms. The summed E-state index contributed by atoms with van der Waals surface area (Å²) < 4.78 is 1.76. The molecule has 2 aromatic heterocycles. The molecule has 1 aliphatic carbocycles. The van der Waals surface area contributed by atoms with Gasteiger partial charge in [-0.05, 0) is 31.2 Å². The highest BCUT2D eigenvalue weighted by Gasteiger charge is 2.17. The molecule has 1 amide bonds. The highest BCUT2D eigenvalue weighted by molar-refractivity contribution is 5.98. The third kappa shape index (κ3) is 1.21. The molecule has 0 radical (unpaired) electrons. The molecule has 0 aliphatic heterocycles. The molecule has 0 aromatic carbocycles. The fourth-order valence-electron chi connectivity index (χ4n) is 2.27. The van der Waals surface area contributed by atoms with Gasteiger partial charge in [-0.3, -0.25) is 4.79 Å². The van der Waals surface area contributed by atoms with Crippen LogP contribution >= 0.6 is 0 Å². The van der Waals surface area contributed by atoms with Gasteiger partial charge in [-0.2, -0.15) is 5.10 Å². The highest BCUT2D eigenvalue weighted by atomic mass is 16.1. The molecular weight excluding hydrogens is 204 g/mol. The topological polar surface area (TPSA) is 73.3 Å². The van der Waals surface area contributed by atoms with Crippen molar-refractivity contribution in [3.05, 3.63) is 29.2 Å². The molecule has 82 valence electrons. The minimum Gasteiger partial charge on any atom is -0.365 e. The van der Waals surface area contributed by atoms with E-state index in [0.29, 0.717) is 11.2 Å². The number of rotatable bonds is 1. The Labute approximate surface area is 92.3 Å². The Balaban J connectivity index is 2.29. The van der Waals surface area contributed by atoms with Crippen molar-refractivity contribution < 1.29 is 4.79 Å². The summed E-state index contributed by atoms with van der Waals surface area (Å²) in [5, 5.41) is 4.21. The Morgan fingerprint density at radius 2 is 2.12 bits per heavy atom. The first-order valence-electron chi connectivity index (χ1n) is 5.41. The fourth-order valence-corrected chi connectivity index (χ4v) is 2.27. The average molecular weight is 216 g/mol. The van der Waals surface area contributed by atoms with Gasteiger partial charge in [0.2, 0.25) is 0 Å². The largest absolute Gasteiger partial charge is 0.365 e. The Morgan fingerprint density at radius 3 is 2.94 bits per heavy atom. The maximum atomic E-state index is 11.2. The number of carbonyl (C=O) groups excluding carboxylic acids is 1. The van der Waals surface area contributed by atoms with Crippen LogP contribution < -0.4 is 5.73 Å². The van der Waals surface area contributed by atoms with Crippen LogP contribution in [0, 0.1) is 0 Å². The molecule has 1 aliphatic rings. The van der Waals surface area contributed by atoms with Gasteiger partial charge < -0.3 is 5.73 Å². The number of carbonyl (C=O) groups is 1. The van der Waals surface area contributed by atoms with Gasteiger partial charge in [-0.25, -0.2) is 9.50 Å². The summed E-state index contributed by atoms with van der Waals surface area (Å²) in [5.41, 5.74) is 8.65. The minimum atomic E-state index is -0.474. The predicted octanol–water partition coefficient (Wildman–Crippen LogP) is 0.707. The number of primary amides is 1. The van der Waals surface area contributed by atoms with E-state index in [9.17, 15) is 4.79 Å². The van der Waals surface area contributed by atoms with Crippen LogP contribution in [-0.4, -0.2) is 20.5 Å². The molecule has 2 aromatic rings. The normalized spacial score (nSPS) is 15.0. The number of fused-ring (bicyclic) bond motifs is 3. The molecule has 3 rings (SSSR count). The lowest BCUT2D eigenvalue weighted by atomic mass is 9.97. The van der Waals surface area contributed by atoms with Crippen LogP contribution in [0.1, 0.15) is 34.5 Å². The second-order valence-corrected chi connectivity index (χ2v) is 4.10. The first kappa shape index (κ1) is 9.33. The van der Waals surface area contributed by atoms with Gasteiger partial charge in [-0.1, -0.05) is 0 Å². The predicted molar refractivity (Wildman–Crippen MR) is 58.1 cm³/mol.